The second-order valence-corrected chi connectivity index (χ2v) is 5.48. The summed E-state index contributed by atoms with van der Waals surface area (Å²) in [6.07, 6.45) is 2.92. The zero-order chi connectivity index (χ0) is 15.0. The number of pyridine rings is 1. The Bertz CT molecular complexity index is 802. The van der Waals surface area contributed by atoms with Crippen molar-refractivity contribution in [2.45, 2.75) is 33.8 Å². The largest absolute Gasteiger partial charge is 0.392 e. The molecule has 0 amide bonds. The van der Waals surface area contributed by atoms with Gasteiger partial charge in [0.25, 0.3) is 0 Å². The smallest absolute Gasteiger partial charge is 0.138 e. The molecule has 1 aromatic carbocycles. The number of aliphatic hydroxyl groups excluding tert-OH is 1. The van der Waals surface area contributed by atoms with Crippen molar-refractivity contribution in [3.63, 3.8) is 0 Å². The Hall–Kier alpha value is -2.13. The van der Waals surface area contributed by atoms with Crippen molar-refractivity contribution in [1.82, 2.24) is 9.38 Å². The van der Waals surface area contributed by atoms with Crippen LogP contribution in [0, 0.1) is 13.8 Å². The van der Waals surface area contributed by atoms with Crippen molar-refractivity contribution in [2.24, 2.45) is 0 Å². The summed E-state index contributed by atoms with van der Waals surface area (Å²) in [7, 11) is 0. The molecule has 3 heteroatoms. The first-order chi connectivity index (χ1) is 10.1. The molecule has 0 fully saturated rings. The van der Waals surface area contributed by atoms with E-state index in [2.05, 4.69) is 43.4 Å². The number of hydrogen-bond acceptors (Lipinski definition) is 2. The zero-order valence-electron chi connectivity index (χ0n) is 12.7. The fraction of sp³-hybridized carbons (Fsp3) is 0.278. The van der Waals surface area contributed by atoms with Crippen LogP contribution in [0.25, 0.3) is 16.9 Å². The van der Waals surface area contributed by atoms with Crippen LogP contribution in [0.2, 0.25) is 0 Å². The molecule has 0 aliphatic carbocycles. The van der Waals surface area contributed by atoms with Crippen molar-refractivity contribution < 1.29 is 5.11 Å². The summed E-state index contributed by atoms with van der Waals surface area (Å²) in [6.45, 7) is 6.44. The minimum Gasteiger partial charge on any atom is -0.392 e. The van der Waals surface area contributed by atoms with Crippen molar-refractivity contribution in [3.8, 4) is 11.3 Å². The number of rotatable bonds is 3. The molecule has 1 N–H and O–H groups in total. The molecule has 2 heterocycles. The molecular formula is C18H20N2O. The summed E-state index contributed by atoms with van der Waals surface area (Å²) < 4.78 is 2.11. The highest BCUT2D eigenvalue weighted by Gasteiger charge is 2.13. The first-order valence-corrected chi connectivity index (χ1v) is 7.32. The number of aliphatic hydroxyl groups is 1. The number of imidazole rings is 1. The third kappa shape index (κ3) is 2.34. The number of nitrogens with zero attached hydrogens (tertiary/aromatic N) is 2. The molecule has 0 unspecified atom stereocenters. The zero-order valence-corrected chi connectivity index (χ0v) is 12.7. The van der Waals surface area contributed by atoms with Crippen molar-refractivity contribution in [1.29, 1.82) is 0 Å². The summed E-state index contributed by atoms with van der Waals surface area (Å²) in [6, 6.07) is 10.4. The van der Waals surface area contributed by atoms with E-state index >= 15 is 0 Å². The van der Waals surface area contributed by atoms with Gasteiger partial charge in [0.2, 0.25) is 0 Å². The van der Waals surface area contributed by atoms with E-state index in [-0.39, 0.29) is 6.61 Å². The van der Waals surface area contributed by atoms with Crippen molar-refractivity contribution in [3.05, 3.63) is 58.9 Å². The average molecular weight is 280 g/mol. The highest BCUT2D eigenvalue weighted by atomic mass is 16.3. The molecular weight excluding hydrogens is 260 g/mol. The van der Waals surface area contributed by atoms with Gasteiger partial charge in [0.1, 0.15) is 5.65 Å². The maximum atomic E-state index is 9.28. The van der Waals surface area contributed by atoms with E-state index in [1.165, 1.54) is 16.8 Å². The SMILES string of the molecule is CCc1c(-c2ccc(C)c(C)c2)nc2cc(CO)ccn12. The molecule has 0 saturated carbocycles. The first-order valence-electron chi connectivity index (χ1n) is 7.32. The number of benzene rings is 1. The van der Waals surface area contributed by atoms with E-state index in [9.17, 15) is 5.11 Å². The van der Waals surface area contributed by atoms with Gasteiger partial charge in [-0.3, -0.25) is 0 Å². The average Bonchev–Trinajstić information content (AvgIpc) is 2.87. The van der Waals surface area contributed by atoms with E-state index in [0.29, 0.717) is 0 Å². The van der Waals surface area contributed by atoms with Gasteiger partial charge in [-0.25, -0.2) is 4.98 Å². The molecule has 3 nitrogen and oxygen atoms in total. The monoisotopic (exact) mass is 280 g/mol. The second kappa shape index (κ2) is 5.34. The Morgan fingerprint density at radius 1 is 1.10 bits per heavy atom. The summed E-state index contributed by atoms with van der Waals surface area (Å²) in [5.41, 5.74) is 7.76. The molecule has 3 aromatic rings. The lowest BCUT2D eigenvalue weighted by Gasteiger charge is -2.05. The van der Waals surface area contributed by atoms with Gasteiger partial charge >= 0.3 is 0 Å². The van der Waals surface area contributed by atoms with Crippen LogP contribution in [-0.4, -0.2) is 14.5 Å². The second-order valence-electron chi connectivity index (χ2n) is 5.48. The predicted octanol–water partition coefficient (Wildman–Crippen LogP) is 3.67. The minimum atomic E-state index is 0.0454. The van der Waals surface area contributed by atoms with Crippen LogP contribution in [0.15, 0.2) is 36.5 Å². The molecule has 0 atom stereocenters. The molecule has 3 rings (SSSR count). The van der Waals surface area contributed by atoms with E-state index in [1.54, 1.807) is 0 Å². The Balaban J connectivity index is 2.23. The van der Waals surface area contributed by atoms with Crippen LogP contribution >= 0.6 is 0 Å². The Morgan fingerprint density at radius 2 is 1.90 bits per heavy atom. The van der Waals surface area contributed by atoms with Gasteiger partial charge in [-0.2, -0.15) is 0 Å². The summed E-state index contributed by atoms with van der Waals surface area (Å²) >= 11 is 0. The molecule has 0 radical (unpaired) electrons. The molecule has 0 aliphatic rings. The Labute approximate surface area is 124 Å². The molecule has 0 saturated heterocycles. The van der Waals surface area contributed by atoms with Gasteiger partial charge in [-0.15, -0.1) is 0 Å². The standard InChI is InChI=1S/C18H20N2O/c1-4-16-18(15-6-5-12(2)13(3)9-15)19-17-10-14(11-21)7-8-20(16)17/h5-10,21H,4,11H2,1-3H3. The Morgan fingerprint density at radius 3 is 2.57 bits per heavy atom. The predicted molar refractivity (Wildman–Crippen MR) is 85.4 cm³/mol. The highest BCUT2D eigenvalue weighted by molar-refractivity contribution is 5.68. The van der Waals surface area contributed by atoms with Crippen molar-refractivity contribution in [2.75, 3.05) is 0 Å². The van der Waals surface area contributed by atoms with Gasteiger partial charge in [0.15, 0.2) is 0 Å². The number of fused-ring (bicyclic) bond motifs is 1. The summed E-state index contributed by atoms with van der Waals surface area (Å²) in [5.74, 6) is 0. The topological polar surface area (TPSA) is 37.5 Å². The van der Waals surface area contributed by atoms with Crippen LogP contribution < -0.4 is 0 Å². The van der Waals surface area contributed by atoms with Crippen LogP contribution in [0.5, 0.6) is 0 Å². The maximum Gasteiger partial charge on any atom is 0.138 e. The third-order valence-corrected chi connectivity index (χ3v) is 4.09. The van der Waals surface area contributed by atoms with Gasteiger partial charge in [-0.05, 0) is 55.2 Å². The van der Waals surface area contributed by atoms with Crippen LogP contribution in [0.3, 0.4) is 0 Å². The highest BCUT2D eigenvalue weighted by Crippen LogP contribution is 2.27. The lowest BCUT2D eigenvalue weighted by molar-refractivity contribution is 0.282. The maximum absolute atomic E-state index is 9.28. The van der Waals surface area contributed by atoms with Crippen LogP contribution in [0.4, 0.5) is 0 Å². The fourth-order valence-electron chi connectivity index (χ4n) is 2.69. The number of aromatic nitrogens is 2. The van der Waals surface area contributed by atoms with E-state index < -0.39 is 0 Å². The van der Waals surface area contributed by atoms with Gasteiger partial charge in [0.05, 0.1) is 18.0 Å². The quantitative estimate of drug-likeness (QED) is 0.794. The minimum absolute atomic E-state index is 0.0454. The molecule has 108 valence electrons. The first kappa shape index (κ1) is 13.8. The normalized spacial score (nSPS) is 11.2. The third-order valence-electron chi connectivity index (χ3n) is 4.09. The lowest BCUT2D eigenvalue weighted by atomic mass is 10.0. The lowest BCUT2D eigenvalue weighted by Crippen LogP contribution is -1.94. The van der Waals surface area contributed by atoms with Crippen molar-refractivity contribution >= 4 is 5.65 Å². The van der Waals surface area contributed by atoms with E-state index in [0.717, 1.165) is 28.9 Å². The number of aryl methyl sites for hydroxylation is 3. The Kier molecular flexibility index (Phi) is 3.52. The summed E-state index contributed by atoms with van der Waals surface area (Å²) in [4.78, 5) is 4.78. The molecule has 0 aliphatic heterocycles. The van der Waals surface area contributed by atoms with Gasteiger partial charge < -0.3 is 9.51 Å². The van der Waals surface area contributed by atoms with Gasteiger partial charge in [-0.1, -0.05) is 19.1 Å². The molecule has 21 heavy (non-hydrogen) atoms. The molecule has 2 aromatic heterocycles. The van der Waals surface area contributed by atoms with E-state index in [4.69, 9.17) is 4.98 Å². The van der Waals surface area contributed by atoms with E-state index in [1.807, 2.05) is 18.3 Å². The molecule has 0 bridgehead atoms. The number of hydrogen-bond donors (Lipinski definition) is 1. The summed E-state index contributed by atoms with van der Waals surface area (Å²) in [5, 5.41) is 9.28. The molecule has 0 spiro atoms. The van der Waals surface area contributed by atoms with Crippen LogP contribution in [-0.2, 0) is 13.0 Å². The van der Waals surface area contributed by atoms with Crippen LogP contribution in [0.1, 0.15) is 29.3 Å². The van der Waals surface area contributed by atoms with Gasteiger partial charge in [0, 0.05) is 11.8 Å². The fourth-order valence-corrected chi connectivity index (χ4v) is 2.69.